The van der Waals surface area contributed by atoms with Gasteiger partial charge in [0, 0.05) is 0 Å². The summed E-state index contributed by atoms with van der Waals surface area (Å²) in [6, 6.07) is 14.9. The fourth-order valence-corrected chi connectivity index (χ4v) is 4.31. The molecular weight excluding hydrogens is 442 g/mol. The number of aromatic nitrogens is 3. The summed E-state index contributed by atoms with van der Waals surface area (Å²) in [7, 11) is 0. The van der Waals surface area contributed by atoms with Crippen LogP contribution in [0.4, 0.5) is 10.6 Å². The molecule has 2 unspecified atom stereocenters. The van der Waals surface area contributed by atoms with Gasteiger partial charge in [-0.2, -0.15) is 10.4 Å². The predicted molar refractivity (Wildman–Crippen MR) is 116 cm³/mol. The maximum absolute atomic E-state index is 12.3. The Hall–Kier alpha value is -3.72. The third-order valence-electron chi connectivity index (χ3n) is 5.82. The molecule has 11 heteroatoms. The van der Waals surface area contributed by atoms with Crippen LogP contribution in [0.1, 0.15) is 31.2 Å². The van der Waals surface area contributed by atoms with E-state index < -0.39 is 42.5 Å². The fourth-order valence-electron chi connectivity index (χ4n) is 4.31. The first kappa shape index (κ1) is 22.1. The Kier molecular flexibility index (Phi) is 5.36. The fraction of sp³-hybridized carbons (Fsp3) is 0.391. The van der Waals surface area contributed by atoms with E-state index in [1.54, 1.807) is 30.5 Å². The highest BCUT2D eigenvalue weighted by molar-refractivity contribution is 5.65. The Balaban J connectivity index is 1.38. The monoisotopic (exact) mass is 465 g/mol. The second-order valence-electron chi connectivity index (χ2n) is 8.57. The van der Waals surface area contributed by atoms with Crippen molar-refractivity contribution >= 4 is 17.5 Å². The van der Waals surface area contributed by atoms with E-state index >= 15 is 0 Å². The molecule has 2 aliphatic heterocycles. The Morgan fingerprint density at radius 2 is 1.97 bits per heavy atom. The number of carbonyl (C=O) groups excluding carboxylic acids is 1. The van der Waals surface area contributed by atoms with Crippen molar-refractivity contribution in [3.8, 4) is 6.07 Å². The van der Waals surface area contributed by atoms with Gasteiger partial charge < -0.3 is 29.4 Å². The van der Waals surface area contributed by atoms with Crippen LogP contribution in [-0.4, -0.2) is 51.0 Å². The lowest BCUT2D eigenvalue weighted by Crippen LogP contribution is -2.46. The molecule has 0 amide bonds. The number of rotatable bonds is 5. The first-order valence-electron chi connectivity index (χ1n) is 10.7. The molecule has 34 heavy (non-hydrogen) atoms. The lowest BCUT2D eigenvalue weighted by Gasteiger charge is -2.28. The van der Waals surface area contributed by atoms with Crippen molar-refractivity contribution in [3.63, 3.8) is 0 Å². The topological polar surface area (TPSA) is 143 Å². The number of nitrogens with zero attached hydrogens (tertiary/aromatic N) is 4. The van der Waals surface area contributed by atoms with Crippen molar-refractivity contribution in [1.82, 2.24) is 14.6 Å². The standard InChI is InChI=1S/C23H23N5O6/c1-22(2)32-18-17(15-8-9-16-20(25)26-13-27-28(15)16)33-23(11-24,19(18)34-22)12-31-21(29)30-10-14-6-4-3-5-7-14/h3-9,13,17-19H,10,12H2,1-2H3,(H2,25,26,27)/t17-,18?,19?,23+/m0/s1. The van der Waals surface area contributed by atoms with Gasteiger partial charge in [0.05, 0.1) is 5.69 Å². The lowest BCUT2D eigenvalue weighted by atomic mass is 9.96. The molecule has 0 saturated carbocycles. The largest absolute Gasteiger partial charge is 0.508 e. The maximum Gasteiger partial charge on any atom is 0.508 e. The molecule has 2 saturated heterocycles. The Morgan fingerprint density at radius 1 is 1.18 bits per heavy atom. The number of nitrogen functional groups attached to an aromatic ring is 1. The number of hydrogen-bond donors (Lipinski definition) is 1. The molecule has 4 heterocycles. The highest BCUT2D eigenvalue weighted by atomic mass is 16.8. The molecule has 2 aromatic heterocycles. The molecule has 0 aliphatic carbocycles. The van der Waals surface area contributed by atoms with Gasteiger partial charge in [-0.1, -0.05) is 30.3 Å². The zero-order valence-electron chi connectivity index (χ0n) is 18.6. The van der Waals surface area contributed by atoms with Crippen molar-refractivity contribution in [2.75, 3.05) is 12.3 Å². The average molecular weight is 465 g/mol. The molecule has 2 N–H and O–H groups in total. The number of anilines is 1. The van der Waals surface area contributed by atoms with Gasteiger partial charge in [0.1, 0.15) is 49.4 Å². The van der Waals surface area contributed by atoms with Gasteiger partial charge in [0.25, 0.3) is 0 Å². The van der Waals surface area contributed by atoms with Crippen molar-refractivity contribution < 1.29 is 28.5 Å². The van der Waals surface area contributed by atoms with Crippen LogP contribution in [0.3, 0.4) is 0 Å². The summed E-state index contributed by atoms with van der Waals surface area (Å²) in [5, 5.41) is 14.4. The molecule has 5 rings (SSSR count). The predicted octanol–water partition coefficient (Wildman–Crippen LogP) is 2.52. The Morgan fingerprint density at radius 3 is 2.74 bits per heavy atom. The number of fused-ring (bicyclic) bond motifs is 2. The summed E-state index contributed by atoms with van der Waals surface area (Å²) >= 11 is 0. The van der Waals surface area contributed by atoms with Crippen LogP contribution in [0.2, 0.25) is 0 Å². The van der Waals surface area contributed by atoms with Crippen LogP contribution in [0.5, 0.6) is 0 Å². The van der Waals surface area contributed by atoms with E-state index in [-0.39, 0.29) is 6.61 Å². The third kappa shape index (κ3) is 3.81. The number of hydrogen-bond acceptors (Lipinski definition) is 10. The number of nitrogens with two attached hydrogens (primary N) is 1. The second kappa shape index (κ2) is 8.25. The molecule has 176 valence electrons. The first-order chi connectivity index (χ1) is 16.3. The number of carbonyl (C=O) groups is 1. The van der Waals surface area contributed by atoms with Crippen molar-refractivity contribution in [1.29, 1.82) is 5.26 Å². The van der Waals surface area contributed by atoms with Gasteiger partial charge >= 0.3 is 6.16 Å². The van der Waals surface area contributed by atoms with Gasteiger partial charge in [-0.15, -0.1) is 0 Å². The van der Waals surface area contributed by atoms with Crippen LogP contribution in [0.15, 0.2) is 48.8 Å². The highest BCUT2D eigenvalue weighted by Crippen LogP contribution is 2.50. The zero-order valence-corrected chi connectivity index (χ0v) is 18.6. The van der Waals surface area contributed by atoms with Crippen LogP contribution in [0.25, 0.3) is 5.52 Å². The summed E-state index contributed by atoms with van der Waals surface area (Å²) in [4.78, 5) is 16.3. The molecule has 11 nitrogen and oxygen atoms in total. The van der Waals surface area contributed by atoms with Gasteiger partial charge in [-0.25, -0.2) is 14.3 Å². The van der Waals surface area contributed by atoms with Gasteiger partial charge in [-0.05, 0) is 31.5 Å². The van der Waals surface area contributed by atoms with Gasteiger partial charge in [0.2, 0.25) is 5.60 Å². The van der Waals surface area contributed by atoms with Crippen LogP contribution in [-0.2, 0) is 30.3 Å². The number of nitriles is 1. The zero-order chi connectivity index (χ0) is 23.9. The van der Waals surface area contributed by atoms with Crippen LogP contribution < -0.4 is 5.73 Å². The van der Waals surface area contributed by atoms with Gasteiger partial charge in [0.15, 0.2) is 11.6 Å². The average Bonchev–Trinajstić information content (AvgIpc) is 3.48. The Labute approximate surface area is 194 Å². The summed E-state index contributed by atoms with van der Waals surface area (Å²) in [5.41, 5.74) is 6.33. The first-order valence-corrected chi connectivity index (χ1v) is 10.7. The Bertz CT molecular complexity index is 1260. The summed E-state index contributed by atoms with van der Waals surface area (Å²) in [5.74, 6) is -0.676. The molecule has 3 aromatic rings. The second-order valence-corrected chi connectivity index (χ2v) is 8.57. The third-order valence-corrected chi connectivity index (χ3v) is 5.82. The van der Waals surface area contributed by atoms with Crippen LogP contribution in [0, 0.1) is 11.3 Å². The molecule has 1 aromatic carbocycles. The highest BCUT2D eigenvalue weighted by Gasteiger charge is 2.65. The van der Waals surface area contributed by atoms with Crippen molar-refractivity contribution in [3.05, 3.63) is 60.0 Å². The van der Waals surface area contributed by atoms with Crippen LogP contribution >= 0.6 is 0 Å². The van der Waals surface area contributed by atoms with E-state index in [1.165, 1.54) is 6.33 Å². The smallest absolute Gasteiger partial charge is 0.430 e. The molecular formula is C23H23N5O6. The summed E-state index contributed by atoms with van der Waals surface area (Å²) in [6.07, 6.45) is -1.82. The summed E-state index contributed by atoms with van der Waals surface area (Å²) in [6.45, 7) is 3.12. The summed E-state index contributed by atoms with van der Waals surface area (Å²) < 4.78 is 30.4. The maximum atomic E-state index is 12.3. The lowest BCUT2D eigenvalue weighted by molar-refractivity contribution is -0.205. The minimum absolute atomic E-state index is 0.0404. The molecule has 0 bridgehead atoms. The van der Waals surface area contributed by atoms with E-state index in [2.05, 4.69) is 16.2 Å². The molecule has 0 spiro atoms. The number of ether oxygens (including phenoxy) is 5. The van der Waals surface area contributed by atoms with E-state index in [0.717, 1.165) is 5.56 Å². The molecule has 4 atom stereocenters. The molecule has 2 aliphatic rings. The number of benzene rings is 1. The SMILES string of the molecule is CC1(C)OC2C(O1)[C@@](C#N)(COC(=O)OCc1ccccc1)O[C@H]2c1ccc2c(N)ncnn12. The quantitative estimate of drug-likeness (QED) is 0.558. The van der Waals surface area contributed by atoms with Crippen molar-refractivity contribution in [2.45, 2.75) is 50.2 Å². The molecule has 0 radical (unpaired) electrons. The minimum atomic E-state index is -1.63. The van der Waals surface area contributed by atoms with Gasteiger partial charge in [-0.3, -0.25) is 0 Å². The normalized spacial score (nSPS) is 27.3. The van der Waals surface area contributed by atoms with Crippen molar-refractivity contribution in [2.24, 2.45) is 0 Å². The van der Waals surface area contributed by atoms with E-state index in [4.69, 9.17) is 29.4 Å². The molecule has 2 fully saturated rings. The van der Waals surface area contributed by atoms with E-state index in [9.17, 15) is 10.1 Å². The van der Waals surface area contributed by atoms with E-state index in [1.807, 2.05) is 30.3 Å². The minimum Gasteiger partial charge on any atom is -0.430 e. The van der Waals surface area contributed by atoms with E-state index in [0.29, 0.717) is 17.0 Å².